The molecule has 152 valence electrons. The minimum Gasteiger partial charge on any atom is -0.493 e. The maximum atomic E-state index is 12.7. The number of anilines is 1. The van der Waals surface area contributed by atoms with Crippen LogP contribution in [-0.2, 0) is 17.5 Å². The lowest BCUT2D eigenvalue weighted by molar-refractivity contribution is -0.137. The Balaban J connectivity index is 1.87. The normalized spacial score (nSPS) is 11.0. The summed E-state index contributed by atoms with van der Waals surface area (Å²) in [6.45, 7) is 2.70. The first kappa shape index (κ1) is 21.4. The van der Waals surface area contributed by atoms with Crippen LogP contribution in [0.4, 0.5) is 18.9 Å². The number of carbonyl (C=O) groups excluding carboxylic acids is 1. The van der Waals surface area contributed by atoms with Gasteiger partial charge in [0.2, 0.25) is 5.91 Å². The van der Waals surface area contributed by atoms with E-state index in [4.69, 9.17) is 9.47 Å². The molecule has 0 aromatic heterocycles. The monoisotopic (exact) mass is 396 g/mol. The van der Waals surface area contributed by atoms with Gasteiger partial charge in [-0.15, -0.1) is 0 Å². The maximum Gasteiger partial charge on any atom is 0.416 e. The summed E-state index contributed by atoms with van der Waals surface area (Å²) in [6, 6.07) is 10.1. The predicted octanol–water partition coefficient (Wildman–Crippen LogP) is 4.23. The van der Waals surface area contributed by atoms with Gasteiger partial charge in [0.1, 0.15) is 0 Å². The summed E-state index contributed by atoms with van der Waals surface area (Å²) >= 11 is 0. The number of nitrogens with one attached hydrogen (secondary N) is 2. The summed E-state index contributed by atoms with van der Waals surface area (Å²) in [5.74, 6) is 0.857. The number of benzene rings is 2. The number of carbonyl (C=O) groups is 1. The highest BCUT2D eigenvalue weighted by atomic mass is 19.4. The third kappa shape index (κ3) is 6.37. The van der Waals surface area contributed by atoms with Crippen molar-refractivity contribution in [3.8, 4) is 11.5 Å². The van der Waals surface area contributed by atoms with Gasteiger partial charge in [-0.25, -0.2) is 0 Å². The molecule has 0 heterocycles. The average molecular weight is 396 g/mol. The van der Waals surface area contributed by atoms with Crippen LogP contribution in [0.2, 0.25) is 0 Å². The molecule has 2 aromatic carbocycles. The molecule has 1 amide bonds. The van der Waals surface area contributed by atoms with Crippen LogP contribution in [0.5, 0.6) is 11.5 Å². The van der Waals surface area contributed by atoms with Crippen molar-refractivity contribution in [1.82, 2.24) is 5.32 Å². The molecule has 0 aliphatic rings. The Morgan fingerprint density at radius 2 is 1.89 bits per heavy atom. The highest BCUT2D eigenvalue weighted by molar-refractivity contribution is 5.80. The fourth-order valence-corrected chi connectivity index (χ4v) is 2.40. The van der Waals surface area contributed by atoms with Gasteiger partial charge in [-0.05, 0) is 42.3 Å². The van der Waals surface area contributed by atoms with Gasteiger partial charge in [0.25, 0.3) is 0 Å². The molecular formula is C20H23F3N2O3. The van der Waals surface area contributed by atoms with Crippen LogP contribution in [0, 0.1) is 0 Å². The first-order valence-electron chi connectivity index (χ1n) is 8.81. The van der Waals surface area contributed by atoms with E-state index in [9.17, 15) is 18.0 Å². The molecule has 2 rings (SSSR count). The molecule has 0 bridgehead atoms. The largest absolute Gasteiger partial charge is 0.493 e. The number of alkyl halides is 3. The van der Waals surface area contributed by atoms with Crippen LogP contribution in [0.3, 0.4) is 0 Å². The molecule has 2 aromatic rings. The number of ether oxygens (including phenoxy) is 2. The van der Waals surface area contributed by atoms with E-state index in [1.165, 1.54) is 19.2 Å². The number of rotatable bonds is 9. The van der Waals surface area contributed by atoms with Gasteiger partial charge in [-0.3, -0.25) is 4.79 Å². The quantitative estimate of drug-likeness (QED) is 0.666. The standard InChI is InChI=1S/C20H23F3N2O3/c1-3-9-28-17-8-7-14(10-18(17)27-2)12-25-19(26)13-24-16-6-4-5-15(11-16)20(21,22)23/h4-8,10-11,24H,3,9,12-13H2,1-2H3,(H,25,26). The lowest BCUT2D eigenvalue weighted by Gasteiger charge is -2.13. The third-order valence-corrected chi connectivity index (χ3v) is 3.82. The lowest BCUT2D eigenvalue weighted by atomic mass is 10.2. The zero-order valence-electron chi connectivity index (χ0n) is 15.7. The zero-order valence-corrected chi connectivity index (χ0v) is 15.7. The summed E-state index contributed by atoms with van der Waals surface area (Å²) in [5.41, 5.74) is 0.271. The van der Waals surface area contributed by atoms with E-state index in [0.29, 0.717) is 18.1 Å². The van der Waals surface area contributed by atoms with E-state index < -0.39 is 11.7 Å². The van der Waals surface area contributed by atoms with Gasteiger partial charge in [0.15, 0.2) is 11.5 Å². The topological polar surface area (TPSA) is 59.6 Å². The Morgan fingerprint density at radius 3 is 2.57 bits per heavy atom. The molecule has 0 fully saturated rings. The number of hydrogen-bond acceptors (Lipinski definition) is 4. The SMILES string of the molecule is CCCOc1ccc(CNC(=O)CNc2cccc(C(F)(F)F)c2)cc1OC. The van der Waals surface area contributed by atoms with Crippen LogP contribution < -0.4 is 20.1 Å². The fraction of sp³-hybridized carbons (Fsp3) is 0.350. The average Bonchev–Trinajstić information content (AvgIpc) is 2.69. The van der Waals surface area contributed by atoms with Crippen LogP contribution in [-0.4, -0.2) is 26.2 Å². The van der Waals surface area contributed by atoms with Gasteiger partial charge < -0.3 is 20.1 Å². The molecule has 0 radical (unpaired) electrons. The second-order valence-electron chi connectivity index (χ2n) is 6.04. The maximum absolute atomic E-state index is 12.7. The number of methoxy groups -OCH3 is 1. The molecule has 28 heavy (non-hydrogen) atoms. The predicted molar refractivity (Wildman–Crippen MR) is 101 cm³/mol. The second kappa shape index (κ2) is 9.87. The van der Waals surface area contributed by atoms with E-state index >= 15 is 0 Å². The highest BCUT2D eigenvalue weighted by Gasteiger charge is 2.30. The molecule has 0 aliphatic heterocycles. The molecule has 0 unspecified atom stereocenters. The van der Waals surface area contributed by atoms with Gasteiger partial charge in [-0.1, -0.05) is 19.1 Å². The van der Waals surface area contributed by atoms with Crippen molar-refractivity contribution in [3.63, 3.8) is 0 Å². The van der Waals surface area contributed by atoms with Gasteiger partial charge in [0.05, 0.1) is 25.8 Å². The Kier molecular flexibility index (Phi) is 7.54. The minimum absolute atomic E-state index is 0.143. The third-order valence-electron chi connectivity index (χ3n) is 3.82. The summed E-state index contributed by atoms with van der Waals surface area (Å²) in [5, 5.41) is 5.40. The van der Waals surface area contributed by atoms with E-state index in [2.05, 4.69) is 10.6 Å². The number of amides is 1. The number of halogens is 3. The summed E-state index contributed by atoms with van der Waals surface area (Å²) in [7, 11) is 1.54. The molecule has 8 heteroatoms. The van der Waals surface area contributed by atoms with Crippen molar-refractivity contribution in [3.05, 3.63) is 53.6 Å². The van der Waals surface area contributed by atoms with E-state index in [0.717, 1.165) is 24.1 Å². The molecule has 0 spiro atoms. The van der Waals surface area contributed by atoms with Crippen LogP contribution in [0.1, 0.15) is 24.5 Å². The van der Waals surface area contributed by atoms with Gasteiger partial charge >= 0.3 is 6.18 Å². The molecule has 0 atom stereocenters. The lowest BCUT2D eigenvalue weighted by Crippen LogP contribution is -2.29. The van der Waals surface area contributed by atoms with Crippen LogP contribution >= 0.6 is 0 Å². The Bertz CT molecular complexity index is 795. The van der Waals surface area contributed by atoms with Crippen molar-refractivity contribution < 1.29 is 27.4 Å². The van der Waals surface area contributed by atoms with E-state index in [-0.39, 0.29) is 24.7 Å². The van der Waals surface area contributed by atoms with Crippen molar-refractivity contribution in [1.29, 1.82) is 0 Å². The highest BCUT2D eigenvalue weighted by Crippen LogP contribution is 2.30. The van der Waals surface area contributed by atoms with Gasteiger partial charge in [0, 0.05) is 12.2 Å². The van der Waals surface area contributed by atoms with E-state index in [1.54, 1.807) is 12.1 Å². The first-order valence-corrected chi connectivity index (χ1v) is 8.81. The molecule has 0 aliphatic carbocycles. The molecular weight excluding hydrogens is 373 g/mol. The summed E-state index contributed by atoms with van der Waals surface area (Å²) in [4.78, 5) is 12.0. The zero-order chi connectivity index (χ0) is 20.6. The van der Waals surface area contributed by atoms with Crippen molar-refractivity contribution in [2.45, 2.75) is 26.1 Å². The Morgan fingerprint density at radius 1 is 1.11 bits per heavy atom. The van der Waals surface area contributed by atoms with Crippen LogP contribution in [0.25, 0.3) is 0 Å². The molecule has 0 saturated heterocycles. The summed E-state index contributed by atoms with van der Waals surface area (Å²) in [6.07, 6.45) is -3.55. The Hall–Kier alpha value is -2.90. The van der Waals surface area contributed by atoms with Gasteiger partial charge in [-0.2, -0.15) is 13.2 Å². The molecule has 5 nitrogen and oxygen atoms in total. The Labute approximate surface area is 161 Å². The fourth-order valence-electron chi connectivity index (χ4n) is 2.40. The second-order valence-corrected chi connectivity index (χ2v) is 6.04. The van der Waals surface area contributed by atoms with E-state index in [1.807, 2.05) is 13.0 Å². The van der Waals surface area contributed by atoms with Crippen molar-refractivity contribution in [2.24, 2.45) is 0 Å². The van der Waals surface area contributed by atoms with Crippen LogP contribution in [0.15, 0.2) is 42.5 Å². The van der Waals surface area contributed by atoms with Crippen molar-refractivity contribution in [2.75, 3.05) is 25.6 Å². The summed E-state index contributed by atoms with van der Waals surface area (Å²) < 4.78 is 49.0. The molecule has 2 N–H and O–H groups in total. The molecule has 0 saturated carbocycles. The van der Waals surface area contributed by atoms with Crippen molar-refractivity contribution >= 4 is 11.6 Å². The smallest absolute Gasteiger partial charge is 0.416 e. The first-order chi connectivity index (χ1) is 13.3. The minimum atomic E-state index is -4.42. The number of hydrogen-bond donors (Lipinski definition) is 2.